The van der Waals surface area contributed by atoms with Gasteiger partial charge < -0.3 is 29.5 Å². The highest BCUT2D eigenvalue weighted by Gasteiger charge is 2.29. The van der Waals surface area contributed by atoms with E-state index >= 15 is 0 Å². The molecule has 2 aromatic carbocycles. The van der Waals surface area contributed by atoms with Crippen molar-refractivity contribution in [1.29, 1.82) is 0 Å². The molecule has 0 radical (unpaired) electrons. The summed E-state index contributed by atoms with van der Waals surface area (Å²) in [6.45, 7) is 10.9. The number of carbonyl (C=O) groups excluding carboxylic acids is 2. The van der Waals surface area contributed by atoms with Crippen molar-refractivity contribution < 1.29 is 19.1 Å². The van der Waals surface area contributed by atoms with Crippen LogP contribution in [0.5, 0.6) is 0 Å². The fourth-order valence-electron chi connectivity index (χ4n) is 5.58. The van der Waals surface area contributed by atoms with E-state index < -0.39 is 0 Å². The number of hydrogen-bond donors (Lipinski definition) is 1. The van der Waals surface area contributed by atoms with Gasteiger partial charge in [0.05, 0.1) is 44.3 Å². The number of hydrogen-bond acceptors (Lipinski definition) is 8. The zero-order chi connectivity index (χ0) is 33.6. The Morgan fingerprint density at radius 3 is 2.38 bits per heavy atom. The van der Waals surface area contributed by atoms with Gasteiger partial charge in [0.1, 0.15) is 5.69 Å². The molecular formula is C36H53N7O4. The second kappa shape index (κ2) is 18.6. The Bertz CT molecular complexity index is 1420. The van der Waals surface area contributed by atoms with Crippen LogP contribution >= 0.6 is 0 Å². The number of para-hydroxylation sites is 1. The third-order valence-electron chi connectivity index (χ3n) is 8.27. The average Bonchev–Trinajstić information content (AvgIpc) is 3.46. The zero-order valence-corrected chi connectivity index (χ0v) is 28.9. The molecule has 11 nitrogen and oxygen atoms in total. The topological polar surface area (TPSA) is 105 Å². The van der Waals surface area contributed by atoms with Crippen LogP contribution < -0.4 is 10.2 Å². The summed E-state index contributed by atoms with van der Waals surface area (Å²) in [5.41, 5.74) is 5.36. The Labute approximate surface area is 280 Å². The third kappa shape index (κ3) is 11.0. The van der Waals surface area contributed by atoms with Gasteiger partial charge in [-0.1, -0.05) is 61.5 Å². The molecule has 2 heterocycles. The molecule has 0 bridgehead atoms. The first-order valence-electron chi connectivity index (χ1n) is 16.9. The van der Waals surface area contributed by atoms with Gasteiger partial charge in [-0.3, -0.25) is 9.59 Å². The van der Waals surface area contributed by atoms with Crippen LogP contribution in [0.25, 0.3) is 22.5 Å². The first-order valence-corrected chi connectivity index (χ1v) is 16.9. The van der Waals surface area contributed by atoms with Gasteiger partial charge in [0.2, 0.25) is 11.8 Å². The normalized spacial score (nSPS) is 12.6. The summed E-state index contributed by atoms with van der Waals surface area (Å²) in [6, 6.07) is 16.0. The van der Waals surface area contributed by atoms with E-state index in [1.54, 1.807) is 4.90 Å². The van der Waals surface area contributed by atoms with Gasteiger partial charge in [-0.2, -0.15) is 0 Å². The average molecular weight is 648 g/mol. The van der Waals surface area contributed by atoms with Crippen LogP contribution in [-0.4, -0.2) is 110 Å². The number of amides is 2. The Morgan fingerprint density at radius 2 is 1.62 bits per heavy atom. The third-order valence-corrected chi connectivity index (χ3v) is 8.27. The van der Waals surface area contributed by atoms with E-state index in [9.17, 15) is 9.59 Å². The van der Waals surface area contributed by atoms with Crippen molar-refractivity contribution in [3.8, 4) is 22.5 Å². The second-order valence-corrected chi connectivity index (χ2v) is 12.9. The number of anilines is 1. The minimum atomic E-state index is -0.173. The minimum Gasteiger partial charge on any atom is -0.379 e. The number of nitrogens with one attached hydrogen (secondary N) is 1. The lowest BCUT2D eigenvalue weighted by molar-refractivity contribution is -0.125. The smallest absolute Gasteiger partial charge is 0.227 e. The number of fused-ring (bicyclic) bond motifs is 5. The van der Waals surface area contributed by atoms with Gasteiger partial charge in [-0.15, -0.1) is 5.10 Å². The van der Waals surface area contributed by atoms with E-state index in [2.05, 4.69) is 72.6 Å². The molecule has 256 valence electrons. The fraction of sp³-hybridized carbons (Fsp3) is 0.556. The number of likely N-dealkylation sites (N-methyl/N-ethyl adjacent to an activating group) is 1. The van der Waals surface area contributed by atoms with Crippen LogP contribution in [0.4, 0.5) is 5.69 Å². The Kier molecular flexibility index (Phi) is 14.4. The van der Waals surface area contributed by atoms with Gasteiger partial charge in [0.25, 0.3) is 0 Å². The zero-order valence-electron chi connectivity index (χ0n) is 28.9. The van der Waals surface area contributed by atoms with Gasteiger partial charge in [0.15, 0.2) is 0 Å². The molecule has 0 saturated heterocycles. The largest absolute Gasteiger partial charge is 0.379 e. The van der Waals surface area contributed by atoms with Crippen molar-refractivity contribution in [1.82, 2.24) is 30.1 Å². The lowest BCUT2D eigenvalue weighted by Crippen LogP contribution is -2.34. The highest BCUT2D eigenvalue weighted by molar-refractivity contribution is 6.01. The molecule has 0 unspecified atom stereocenters. The van der Waals surface area contributed by atoms with Crippen LogP contribution in [0.2, 0.25) is 0 Å². The highest BCUT2D eigenvalue weighted by atomic mass is 16.5. The summed E-state index contributed by atoms with van der Waals surface area (Å²) < 4.78 is 13.1. The van der Waals surface area contributed by atoms with Crippen LogP contribution in [0.3, 0.4) is 0 Å². The molecule has 4 rings (SSSR count). The molecule has 1 aromatic heterocycles. The maximum absolute atomic E-state index is 13.8. The first-order chi connectivity index (χ1) is 22.7. The van der Waals surface area contributed by atoms with Gasteiger partial charge in [0, 0.05) is 43.7 Å². The van der Waals surface area contributed by atoms with Crippen molar-refractivity contribution in [2.24, 2.45) is 5.92 Å². The molecule has 0 aliphatic carbocycles. The van der Waals surface area contributed by atoms with Crippen LogP contribution in [-0.2, 0) is 32.2 Å². The van der Waals surface area contributed by atoms with E-state index in [1.807, 2.05) is 41.1 Å². The highest BCUT2D eigenvalue weighted by Crippen LogP contribution is 2.41. The summed E-state index contributed by atoms with van der Waals surface area (Å²) in [5, 5.41) is 12.2. The summed E-state index contributed by atoms with van der Waals surface area (Å²) >= 11 is 0. The van der Waals surface area contributed by atoms with Crippen molar-refractivity contribution in [3.05, 3.63) is 54.1 Å². The number of ether oxygens (including phenoxy) is 2. The molecule has 11 heteroatoms. The molecular weight excluding hydrogens is 594 g/mol. The fourth-order valence-corrected chi connectivity index (χ4v) is 5.58. The van der Waals surface area contributed by atoms with Crippen molar-refractivity contribution in [3.63, 3.8) is 0 Å². The summed E-state index contributed by atoms with van der Waals surface area (Å²) in [7, 11) is 6.34. The molecule has 0 spiro atoms. The van der Waals surface area contributed by atoms with E-state index in [-0.39, 0.29) is 24.7 Å². The SMILES string of the molecule is CC(C)CCOCCOCCNC(=O)CCC(=O)N1Cc2ccccc2-c2c(nnn2CCN(C)CCCN(C)C)-c2ccccc21. The van der Waals surface area contributed by atoms with E-state index in [1.165, 1.54) is 0 Å². The van der Waals surface area contributed by atoms with Gasteiger partial charge in [-0.05, 0) is 64.6 Å². The molecule has 0 saturated carbocycles. The lowest BCUT2D eigenvalue weighted by Gasteiger charge is -2.28. The predicted octanol–water partition coefficient (Wildman–Crippen LogP) is 4.32. The molecule has 47 heavy (non-hydrogen) atoms. The Hall–Kier alpha value is -3.64. The van der Waals surface area contributed by atoms with Gasteiger partial charge >= 0.3 is 0 Å². The lowest BCUT2D eigenvalue weighted by atomic mass is 9.95. The molecule has 1 aliphatic heterocycles. The standard InChI is InChI=1S/C36H53N7O4/c1-28(2)17-23-46-25-26-47-24-18-37-33(44)15-16-34(45)42-27-29-11-6-7-12-30(29)36-35(31-13-8-9-14-32(31)42)38-39-43(36)22-21-41(5)20-10-19-40(3)4/h6-9,11-14,28H,10,15-27H2,1-5H3,(H,37,44). The van der Waals surface area contributed by atoms with Crippen LogP contribution in [0, 0.1) is 5.92 Å². The van der Waals surface area contributed by atoms with E-state index in [0.717, 1.165) is 72.8 Å². The molecule has 1 aliphatic rings. The second-order valence-electron chi connectivity index (χ2n) is 12.9. The molecule has 3 aromatic rings. The van der Waals surface area contributed by atoms with Crippen LogP contribution in [0.15, 0.2) is 48.5 Å². The van der Waals surface area contributed by atoms with E-state index in [0.29, 0.717) is 45.4 Å². The summed E-state index contributed by atoms with van der Waals surface area (Å²) in [4.78, 5) is 32.7. The maximum Gasteiger partial charge on any atom is 0.227 e. The summed E-state index contributed by atoms with van der Waals surface area (Å²) in [5.74, 6) is 0.327. The number of nitrogens with zero attached hydrogens (tertiary/aromatic N) is 6. The number of aromatic nitrogens is 3. The number of rotatable bonds is 19. The minimum absolute atomic E-state index is 0.0899. The van der Waals surface area contributed by atoms with Crippen molar-refractivity contribution >= 4 is 17.5 Å². The predicted molar refractivity (Wildman–Crippen MR) is 186 cm³/mol. The molecule has 2 amide bonds. The van der Waals surface area contributed by atoms with Crippen molar-refractivity contribution in [2.75, 3.05) is 78.6 Å². The molecule has 0 fully saturated rings. The monoisotopic (exact) mass is 647 g/mol. The number of benzene rings is 2. The Balaban J connectivity index is 1.39. The molecule has 1 N–H and O–H groups in total. The van der Waals surface area contributed by atoms with Gasteiger partial charge in [-0.25, -0.2) is 4.68 Å². The van der Waals surface area contributed by atoms with E-state index in [4.69, 9.17) is 9.47 Å². The quantitative estimate of drug-likeness (QED) is 0.192. The first kappa shape index (κ1) is 36.2. The summed E-state index contributed by atoms with van der Waals surface area (Å²) in [6.07, 6.45) is 2.32. The molecule has 0 atom stereocenters. The van der Waals surface area contributed by atoms with Crippen molar-refractivity contribution in [2.45, 2.75) is 52.6 Å². The maximum atomic E-state index is 13.8. The number of carbonyl (C=O) groups is 2. The Morgan fingerprint density at radius 1 is 0.894 bits per heavy atom. The van der Waals surface area contributed by atoms with Crippen LogP contribution in [0.1, 0.15) is 45.1 Å².